The van der Waals surface area contributed by atoms with Gasteiger partial charge in [0, 0.05) is 32.5 Å². The van der Waals surface area contributed by atoms with Crippen LogP contribution in [0.4, 0.5) is 0 Å². The molecular weight excluding hydrogens is 404 g/mol. The molecule has 1 aliphatic heterocycles. The summed E-state index contributed by atoms with van der Waals surface area (Å²) in [6.45, 7) is 17.0. The van der Waals surface area contributed by atoms with Crippen molar-refractivity contribution in [2.45, 2.75) is 67.5 Å². The number of fused-ring (bicyclic) bond motifs is 1. The number of hydrogen-bond donors (Lipinski definition) is 0. The van der Waals surface area contributed by atoms with Gasteiger partial charge in [0.1, 0.15) is 0 Å². The Morgan fingerprint density at radius 1 is 0.789 bits per heavy atom. The van der Waals surface area contributed by atoms with Crippen molar-refractivity contribution in [1.29, 1.82) is 0 Å². The fraction of sp³-hybridized carbons (Fsp3) is 0.647. The molecule has 0 amide bonds. The van der Waals surface area contributed by atoms with E-state index in [0.29, 0.717) is 12.1 Å². The quantitative estimate of drug-likeness (QED) is 0.526. The minimum Gasteiger partial charge on any atom is -0.293 e. The predicted molar refractivity (Wildman–Crippen MR) is 83.2 cm³/mol. The molecule has 2 unspecified atom stereocenters. The molecule has 2 rings (SSSR count). The Hall–Kier alpha value is -0.158. The molecule has 1 aromatic carbocycles. The molecular formula is C17H31NRe. The molecule has 19 heavy (non-hydrogen) atoms. The van der Waals surface area contributed by atoms with E-state index >= 15 is 0 Å². The van der Waals surface area contributed by atoms with Gasteiger partial charge in [-0.1, -0.05) is 39.8 Å². The van der Waals surface area contributed by atoms with Crippen molar-refractivity contribution in [3.63, 3.8) is 0 Å². The Morgan fingerprint density at radius 2 is 1.05 bits per heavy atom. The van der Waals surface area contributed by atoms with Crippen LogP contribution in [0.5, 0.6) is 0 Å². The second kappa shape index (κ2) is 9.70. The zero-order valence-electron chi connectivity index (χ0n) is 14.1. The predicted octanol–water partition coefficient (Wildman–Crippen LogP) is 5.42. The largest absolute Gasteiger partial charge is 0.293 e. The van der Waals surface area contributed by atoms with Gasteiger partial charge in [0.25, 0.3) is 0 Å². The third kappa shape index (κ3) is 4.15. The van der Waals surface area contributed by atoms with E-state index in [0.717, 1.165) is 0 Å². The van der Waals surface area contributed by atoms with Gasteiger partial charge < -0.3 is 0 Å². The smallest absolute Gasteiger partial charge is 0.0328 e. The summed E-state index contributed by atoms with van der Waals surface area (Å²) in [5, 5.41) is 0. The van der Waals surface area contributed by atoms with Crippen molar-refractivity contribution in [2.24, 2.45) is 0 Å². The first-order chi connectivity index (χ1) is 8.54. The molecule has 1 aliphatic rings. The van der Waals surface area contributed by atoms with Crippen LogP contribution in [0.3, 0.4) is 0 Å². The first-order valence-electron chi connectivity index (χ1n) is 7.36. The summed E-state index contributed by atoms with van der Waals surface area (Å²) < 4.78 is 0. The number of aryl methyl sites for hydroxylation is 2. The van der Waals surface area contributed by atoms with Crippen LogP contribution in [0, 0.1) is 13.8 Å². The fourth-order valence-corrected chi connectivity index (χ4v) is 2.71. The summed E-state index contributed by atoms with van der Waals surface area (Å²) in [6, 6.07) is 5.63. The van der Waals surface area contributed by atoms with Crippen molar-refractivity contribution in [3.05, 3.63) is 34.4 Å². The van der Waals surface area contributed by atoms with E-state index in [1.165, 1.54) is 11.1 Å². The van der Waals surface area contributed by atoms with Crippen LogP contribution in [0.15, 0.2) is 12.1 Å². The molecule has 0 saturated carbocycles. The third-order valence-electron chi connectivity index (χ3n) is 3.78. The maximum absolute atomic E-state index is 2.45. The Morgan fingerprint density at radius 3 is 1.32 bits per heavy atom. The minimum absolute atomic E-state index is 0. The molecule has 1 heterocycles. The van der Waals surface area contributed by atoms with Crippen LogP contribution in [0.1, 0.15) is 75.9 Å². The number of hydrogen-bond acceptors (Lipinski definition) is 1. The second-order valence-electron chi connectivity index (χ2n) is 4.54. The van der Waals surface area contributed by atoms with Crippen molar-refractivity contribution in [3.8, 4) is 0 Å². The van der Waals surface area contributed by atoms with Crippen molar-refractivity contribution >= 4 is 0 Å². The van der Waals surface area contributed by atoms with Crippen LogP contribution >= 0.6 is 0 Å². The summed E-state index contributed by atoms with van der Waals surface area (Å²) in [6.07, 6.45) is 0. The average Bonchev–Trinajstić information content (AvgIpc) is 2.64. The van der Waals surface area contributed by atoms with Crippen molar-refractivity contribution < 1.29 is 20.4 Å². The second-order valence-corrected chi connectivity index (χ2v) is 4.54. The zero-order chi connectivity index (χ0) is 14.5. The molecule has 0 bridgehead atoms. The van der Waals surface area contributed by atoms with E-state index in [4.69, 9.17) is 0 Å². The Bertz CT molecular complexity index is 339. The average molecular weight is 436 g/mol. The van der Waals surface area contributed by atoms with Gasteiger partial charge >= 0.3 is 0 Å². The fourth-order valence-electron chi connectivity index (χ4n) is 2.71. The summed E-state index contributed by atoms with van der Waals surface area (Å²) in [7, 11) is 2.22. The number of benzene rings is 1. The Kier molecular flexibility index (Phi) is 10.8. The van der Waals surface area contributed by atoms with Gasteiger partial charge in [0.05, 0.1) is 0 Å². The van der Waals surface area contributed by atoms with E-state index in [-0.39, 0.29) is 20.4 Å². The van der Waals surface area contributed by atoms with Crippen LogP contribution in [0.25, 0.3) is 0 Å². The molecule has 111 valence electrons. The Balaban J connectivity index is 0. The monoisotopic (exact) mass is 436 g/mol. The summed E-state index contributed by atoms with van der Waals surface area (Å²) >= 11 is 0. The SMILES string of the molecule is CC.CC.Cc1ccc(C)c2c1C(C)N(C)C2C.[Re]. The molecule has 1 aromatic rings. The van der Waals surface area contributed by atoms with Gasteiger partial charge in [-0.05, 0) is 57.0 Å². The maximum Gasteiger partial charge on any atom is 0.0328 e. The molecule has 0 aromatic heterocycles. The van der Waals surface area contributed by atoms with Gasteiger partial charge in [-0.2, -0.15) is 0 Å². The van der Waals surface area contributed by atoms with Crippen LogP contribution in [-0.4, -0.2) is 11.9 Å². The van der Waals surface area contributed by atoms with Crippen LogP contribution in [0.2, 0.25) is 0 Å². The van der Waals surface area contributed by atoms with Crippen LogP contribution < -0.4 is 0 Å². The van der Waals surface area contributed by atoms with E-state index in [9.17, 15) is 0 Å². The van der Waals surface area contributed by atoms with E-state index in [1.54, 1.807) is 11.1 Å². The van der Waals surface area contributed by atoms with Gasteiger partial charge in [-0.15, -0.1) is 0 Å². The van der Waals surface area contributed by atoms with Gasteiger partial charge in [-0.25, -0.2) is 0 Å². The zero-order valence-corrected chi connectivity index (χ0v) is 16.9. The number of nitrogens with zero attached hydrogens (tertiary/aromatic N) is 1. The van der Waals surface area contributed by atoms with Crippen molar-refractivity contribution in [2.75, 3.05) is 7.05 Å². The third-order valence-corrected chi connectivity index (χ3v) is 3.78. The molecule has 0 aliphatic carbocycles. The van der Waals surface area contributed by atoms with Gasteiger partial charge in [0.2, 0.25) is 0 Å². The normalized spacial score (nSPS) is 20.3. The summed E-state index contributed by atoms with van der Waals surface area (Å²) in [5.74, 6) is 0. The molecule has 0 saturated heterocycles. The van der Waals surface area contributed by atoms with E-state index < -0.39 is 0 Å². The first kappa shape index (κ1) is 21.1. The molecule has 0 N–H and O–H groups in total. The molecule has 2 atom stereocenters. The standard InChI is InChI=1S/C13H19N.2C2H6.Re/c1-8-6-7-9(2)13-11(4)14(5)10(3)12(8)13;2*1-2;/h6-7,10-11H,1-5H3;2*1-2H3;. The van der Waals surface area contributed by atoms with Crippen molar-refractivity contribution in [1.82, 2.24) is 4.90 Å². The van der Waals surface area contributed by atoms with E-state index in [2.05, 4.69) is 51.8 Å². The minimum atomic E-state index is 0. The topological polar surface area (TPSA) is 3.24 Å². The molecule has 0 spiro atoms. The van der Waals surface area contributed by atoms with Gasteiger partial charge in [-0.3, -0.25) is 4.90 Å². The molecule has 2 heteroatoms. The Labute approximate surface area is 134 Å². The summed E-state index contributed by atoms with van der Waals surface area (Å²) in [5.41, 5.74) is 5.99. The molecule has 1 nitrogen and oxygen atoms in total. The van der Waals surface area contributed by atoms with Crippen LogP contribution in [-0.2, 0) is 20.4 Å². The van der Waals surface area contributed by atoms with E-state index in [1.807, 2.05) is 27.7 Å². The molecule has 0 fully saturated rings. The summed E-state index contributed by atoms with van der Waals surface area (Å²) in [4.78, 5) is 2.45. The van der Waals surface area contributed by atoms with Gasteiger partial charge in [0.15, 0.2) is 0 Å². The molecule has 1 radical (unpaired) electrons. The maximum atomic E-state index is 2.45. The number of rotatable bonds is 0. The first-order valence-corrected chi connectivity index (χ1v) is 7.36.